The predicted octanol–water partition coefficient (Wildman–Crippen LogP) is 5.15. The van der Waals surface area contributed by atoms with Gasteiger partial charge in [-0.25, -0.2) is 14.5 Å². The fourth-order valence-electron chi connectivity index (χ4n) is 4.84. The molecule has 1 aromatic carbocycles. The summed E-state index contributed by atoms with van der Waals surface area (Å²) in [5.41, 5.74) is 5.27. The Morgan fingerprint density at radius 3 is 2.55 bits per heavy atom. The molecule has 5 rings (SSSR count). The van der Waals surface area contributed by atoms with Gasteiger partial charge in [0.25, 0.3) is 0 Å². The first-order valence-electron chi connectivity index (χ1n) is 11.7. The van der Waals surface area contributed by atoms with Gasteiger partial charge in [-0.2, -0.15) is 0 Å². The van der Waals surface area contributed by atoms with Crippen molar-refractivity contribution in [3.8, 4) is 5.75 Å². The monoisotopic (exact) mass is 446 g/mol. The van der Waals surface area contributed by atoms with Crippen LogP contribution in [0.2, 0.25) is 0 Å². The SMILES string of the molecule is COc1ccc(C=NOCc2nc3c4c(C)c(C)n(C5CCCCCC5)c4ncn3n2)cc1. The molecule has 8 heteroatoms. The average molecular weight is 447 g/mol. The van der Waals surface area contributed by atoms with Crippen molar-refractivity contribution in [3.63, 3.8) is 0 Å². The molecule has 1 fully saturated rings. The fourth-order valence-corrected chi connectivity index (χ4v) is 4.84. The fraction of sp³-hybridized carbons (Fsp3) is 0.440. The molecule has 0 unspecified atom stereocenters. The van der Waals surface area contributed by atoms with Gasteiger partial charge in [-0.05, 0) is 62.1 Å². The molecule has 0 bridgehead atoms. The van der Waals surface area contributed by atoms with Crippen molar-refractivity contribution in [3.05, 3.63) is 53.2 Å². The Morgan fingerprint density at radius 1 is 1.06 bits per heavy atom. The highest BCUT2D eigenvalue weighted by molar-refractivity contribution is 5.94. The van der Waals surface area contributed by atoms with Crippen molar-refractivity contribution in [2.45, 2.75) is 65.0 Å². The molecule has 1 aliphatic carbocycles. The van der Waals surface area contributed by atoms with Gasteiger partial charge in [-0.15, -0.1) is 5.10 Å². The lowest BCUT2D eigenvalue weighted by atomic mass is 10.1. The Kier molecular flexibility index (Phi) is 5.98. The summed E-state index contributed by atoms with van der Waals surface area (Å²) in [4.78, 5) is 15.0. The van der Waals surface area contributed by atoms with Gasteiger partial charge in [0.05, 0.1) is 18.7 Å². The van der Waals surface area contributed by atoms with Crippen LogP contribution in [0.1, 0.15) is 67.2 Å². The van der Waals surface area contributed by atoms with Crippen LogP contribution in [-0.2, 0) is 11.4 Å². The lowest BCUT2D eigenvalue weighted by Gasteiger charge is -2.19. The smallest absolute Gasteiger partial charge is 0.192 e. The number of aromatic nitrogens is 5. The zero-order chi connectivity index (χ0) is 22.8. The third-order valence-corrected chi connectivity index (χ3v) is 6.69. The Bertz CT molecular complexity index is 1280. The van der Waals surface area contributed by atoms with Crippen LogP contribution in [0.3, 0.4) is 0 Å². The van der Waals surface area contributed by atoms with E-state index in [0.717, 1.165) is 28.0 Å². The van der Waals surface area contributed by atoms with Gasteiger partial charge in [0.1, 0.15) is 17.7 Å². The van der Waals surface area contributed by atoms with Gasteiger partial charge in [0.2, 0.25) is 0 Å². The number of hydrogen-bond donors (Lipinski definition) is 0. The van der Waals surface area contributed by atoms with Crippen molar-refractivity contribution in [1.29, 1.82) is 0 Å². The summed E-state index contributed by atoms with van der Waals surface area (Å²) >= 11 is 0. The van der Waals surface area contributed by atoms with Crippen LogP contribution >= 0.6 is 0 Å². The van der Waals surface area contributed by atoms with E-state index in [1.807, 2.05) is 24.3 Å². The van der Waals surface area contributed by atoms with Gasteiger partial charge in [0, 0.05) is 11.7 Å². The summed E-state index contributed by atoms with van der Waals surface area (Å²) in [6.45, 7) is 4.56. The molecule has 0 atom stereocenters. The molecule has 4 aromatic rings. The number of ether oxygens (including phenoxy) is 1. The second kappa shape index (κ2) is 9.21. The molecule has 3 heterocycles. The van der Waals surface area contributed by atoms with Gasteiger partial charge < -0.3 is 14.1 Å². The molecule has 0 radical (unpaired) electrons. The molecule has 1 saturated carbocycles. The van der Waals surface area contributed by atoms with E-state index in [2.05, 4.69) is 28.7 Å². The lowest BCUT2D eigenvalue weighted by Crippen LogP contribution is -2.10. The quantitative estimate of drug-likeness (QED) is 0.232. The highest BCUT2D eigenvalue weighted by Crippen LogP contribution is 2.35. The number of benzene rings is 1. The topological polar surface area (TPSA) is 78.8 Å². The predicted molar refractivity (Wildman–Crippen MR) is 128 cm³/mol. The molecule has 1 aliphatic rings. The maximum Gasteiger partial charge on any atom is 0.192 e. The van der Waals surface area contributed by atoms with Crippen LogP contribution in [0, 0.1) is 13.8 Å². The van der Waals surface area contributed by atoms with E-state index in [1.165, 1.54) is 49.8 Å². The maximum absolute atomic E-state index is 5.46. The van der Waals surface area contributed by atoms with Crippen molar-refractivity contribution < 1.29 is 9.57 Å². The molecule has 8 nitrogen and oxygen atoms in total. The van der Waals surface area contributed by atoms with Crippen molar-refractivity contribution >= 4 is 22.9 Å². The van der Waals surface area contributed by atoms with E-state index in [9.17, 15) is 0 Å². The first kappa shape index (κ1) is 21.4. The Labute approximate surface area is 193 Å². The molecule has 0 aliphatic heterocycles. The second-order valence-electron chi connectivity index (χ2n) is 8.75. The first-order valence-corrected chi connectivity index (χ1v) is 11.7. The van der Waals surface area contributed by atoms with Crippen LogP contribution in [0.5, 0.6) is 5.75 Å². The van der Waals surface area contributed by atoms with E-state index in [0.29, 0.717) is 11.9 Å². The number of aryl methyl sites for hydroxylation is 1. The molecule has 0 N–H and O–H groups in total. The summed E-state index contributed by atoms with van der Waals surface area (Å²) in [5, 5.41) is 9.69. The van der Waals surface area contributed by atoms with E-state index in [-0.39, 0.29) is 6.61 Å². The van der Waals surface area contributed by atoms with Crippen LogP contribution in [-0.4, -0.2) is 37.5 Å². The van der Waals surface area contributed by atoms with E-state index >= 15 is 0 Å². The van der Waals surface area contributed by atoms with E-state index in [4.69, 9.17) is 19.5 Å². The van der Waals surface area contributed by atoms with E-state index < -0.39 is 0 Å². The summed E-state index contributed by atoms with van der Waals surface area (Å²) < 4.78 is 9.36. The molecule has 3 aromatic heterocycles. The number of rotatable bonds is 6. The minimum absolute atomic E-state index is 0.192. The van der Waals surface area contributed by atoms with Gasteiger partial charge in [-0.3, -0.25) is 0 Å². The third-order valence-electron chi connectivity index (χ3n) is 6.69. The molecule has 33 heavy (non-hydrogen) atoms. The largest absolute Gasteiger partial charge is 0.497 e. The summed E-state index contributed by atoms with van der Waals surface area (Å²) in [6, 6.07) is 8.11. The zero-order valence-corrected chi connectivity index (χ0v) is 19.5. The highest BCUT2D eigenvalue weighted by atomic mass is 16.6. The lowest BCUT2D eigenvalue weighted by molar-refractivity contribution is 0.126. The average Bonchev–Trinajstić information content (AvgIpc) is 3.22. The Balaban J connectivity index is 1.38. The molecular weight excluding hydrogens is 416 g/mol. The minimum Gasteiger partial charge on any atom is -0.497 e. The van der Waals surface area contributed by atoms with Crippen LogP contribution in [0.25, 0.3) is 16.7 Å². The number of nitrogens with zero attached hydrogens (tertiary/aromatic N) is 6. The minimum atomic E-state index is 0.192. The second-order valence-corrected chi connectivity index (χ2v) is 8.75. The number of fused-ring (bicyclic) bond motifs is 3. The normalized spacial score (nSPS) is 15.5. The third kappa shape index (κ3) is 4.17. The van der Waals surface area contributed by atoms with Crippen molar-refractivity contribution in [1.82, 2.24) is 24.1 Å². The summed E-state index contributed by atoms with van der Waals surface area (Å²) in [5.74, 6) is 1.38. The highest BCUT2D eigenvalue weighted by Gasteiger charge is 2.23. The van der Waals surface area contributed by atoms with Crippen LogP contribution in [0.4, 0.5) is 0 Å². The summed E-state index contributed by atoms with van der Waals surface area (Å²) in [6.07, 6.45) is 11.1. The molecular formula is C25H30N6O2. The number of hydrogen-bond acceptors (Lipinski definition) is 6. The summed E-state index contributed by atoms with van der Waals surface area (Å²) in [7, 11) is 1.65. The maximum atomic E-state index is 5.46. The molecule has 172 valence electrons. The first-order chi connectivity index (χ1) is 16.2. The van der Waals surface area contributed by atoms with Crippen molar-refractivity contribution in [2.75, 3.05) is 7.11 Å². The molecule has 0 amide bonds. The number of oxime groups is 1. The van der Waals surface area contributed by atoms with Gasteiger partial charge in [0.15, 0.2) is 18.1 Å². The van der Waals surface area contributed by atoms with Gasteiger partial charge >= 0.3 is 0 Å². The molecule has 0 saturated heterocycles. The van der Waals surface area contributed by atoms with Crippen molar-refractivity contribution in [2.24, 2.45) is 5.16 Å². The van der Waals surface area contributed by atoms with Crippen LogP contribution < -0.4 is 4.74 Å². The van der Waals surface area contributed by atoms with E-state index in [1.54, 1.807) is 24.2 Å². The standard InChI is InChI=1S/C25H30N6O2/c1-17-18(2)31(20-8-6-4-5-7-9-20)24-23(17)25-28-22(29-30(25)16-26-24)15-33-27-14-19-10-12-21(32-3)13-11-19/h10-14,16,20H,4-9,15H2,1-3H3. The molecule has 0 spiro atoms. The Morgan fingerprint density at radius 2 is 1.82 bits per heavy atom. The van der Waals surface area contributed by atoms with Crippen LogP contribution in [0.15, 0.2) is 35.7 Å². The van der Waals surface area contributed by atoms with Gasteiger partial charge in [-0.1, -0.05) is 30.8 Å². The number of methoxy groups -OCH3 is 1. The zero-order valence-electron chi connectivity index (χ0n) is 19.5. The Hall–Kier alpha value is -3.42.